The van der Waals surface area contributed by atoms with Crippen molar-refractivity contribution in [3.63, 3.8) is 0 Å². The first kappa shape index (κ1) is 14.6. The monoisotopic (exact) mass is 285 g/mol. The third kappa shape index (κ3) is 4.41. The van der Waals surface area contributed by atoms with Gasteiger partial charge in [0.05, 0.1) is 18.3 Å². The molecule has 1 aromatic heterocycles. The Labute approximate surface area is 115 Å². The number of hydrogen-bond donors (Lipinski definition) is 2. The van der Waals surface area contributed by atoms with Gasteiger partial charge in [0, 0.05) is 6.07 Å². The van der Waals surface area contributed by atoms with Gasteiger partial charge >= 0.3 is 0 Å². The fourth-order valence-electron chi connectivity index (χ4n) is 1.99. The van der Waals surface area contributed by atoms with E-state index in [-0.39, 0.29) is 24.4 Å². The predicted octanol–water partition coefficient (Wildman–Crippen LogP) is 1.09. The number of pyridine rings is 1. The minimum absolute atomic E-state index is 0.0665. The van der Waals surface area contributed by atoms with Gasteiger partial charge in [-0.3, -0.25) is 4.79 Å². The predicted molar refractivity (Wildman–Crippen MR) is 68.6 cm³/mol. The van der Waals surface area contributed by atoms with Crippen LogP contribution in [0, 0.1) is 0 Å². The summed E-state index contributed by atoms with van der Waals surface area (Å²) in [5.41, 5.74) is 0.572. The van der Waals surface area contributed by atoms with Crippen LogP contribution < -0.4 is 15.4 Å². The van der Waals surface area contributed by atoms with Crippen LogP contribution in [0.15, 0.2) is 18.2 Å². The van der Waals surface area contributed by atoms with Gasteiger partial charge in [-0.05, 0) is 25.5 Å². The van der Waals surface area contributed by atoms with Crippen LogP contribution >= 0.6 is 0 Å². The number of amides is 1. The van der Waals surface area contributed by atoms with Crippen molar-refractivity contribution in [2.45, 2.75) is 31.9 Å². The Kier molecular flexibility index (Phi) is 5.23. The van der Waals surface area contributed by atoms with E-state index in [1.54, 1.807) is 12.1 Å². The average molecular weight is 285 g/mol. The van der Waals surface area contributed by atoms with Crippen molar-refractivity contribution < 1.29 is 18.3 Å². The smallest absolute Gasteiger partial charge is 0.272 e. The van der Waals surface area contributed by atoms with Crippen molar-refractivity contribution in [1.82, 2.24) is 15.6 Å². The van der Waals surface area contributed by atoms with Gasteiger partial charge in [0.2, 0.25) is 11.8 Å². The zero-order valence-electron chi connectivity index (χ0n) is 10.9. The molecule has 0 unspecified atom stereocenters. The SMILES string of the molecule is O=C(NCc1cccc(OCC(F)F)n1)[C@H]1CCCN1. The largest absolute Gasteiger partial charge is 0.472 e. The summed E-state index contributed by atoms with van der Waals surface area (Å²) in [4.78, 5) is 15.8. The number of carbonyl (C=O) groups excluding carboxylic acids is 1. The molecule has 0 spiro atoms. The zero-order chi connectivity index (χ0) is 14.4. The van der Waals surface area contributed by atoms with E-state index in [0.29, 0.717) is 5.69 Å². The molecule has 20 heavy (non-hydrogen) atoms. The van der Waals surface area contributed by atoms with Crippen LogP contribution in [0.5, 0.6) is 5.88 Å². The second kappa shape index (κ2) is 7.14. The summed E-state index contributed by atoms with van der Waals surface area (Å²) in [5, 5.41) is 5.86. The molecule has 2 N–H and O–H groups in total. The molecule has 1 amide bonds. The number of halogens is 2. The molecule has 7 heteroatoms. The molecule has 1 fully saturated rings. The molecule has 0 bridgehead atoms. The summed E-state index contributed by atoms with van der Waals surface area (Å²) in [5.74, 6) is 0.0687. The standard InChI is InChI=1S/C13H17F2N3O2/c14-11(15)8-20-12-5-1-3-9(18-12)7-17-13(19)10-4-2-6-16-10/h1,3,5,10-11,16H,2,4,6-8H2,(H,17,19)/t10-/m1/s1. The maximum absolute atomic E-state index is 12.0. The number of nitrogens with zero attached hydrogens (tertiary/aromatic N) is 1. The van der Waals surface area contributed by atoms with Crippen LogP contribution in [-0.4, -0.2) is 36.5 Å². The van der Waals surface area contributed by atoms with Gasteiger partial charge in [-0.1, -0.05) is 6.07 Å². The third-order valence-corrected chi connectivity index (χ3v) is 2.96. The molecule has 2 rings (SSSR count). The Morgan fingerprint density at radius 3 is 3.10 bits per heavy atom. The number of ether oxygens (including phenoxy) is 1. The highest BCUT2D eigenvalue weighted by atomic mass is 19.3. The second-order valence-electron chi connectivity index (χ2n) is 4.54. The number of aromatic nitrogens is 1. The van der Waals surface area contributed by atoms with E-state index in [0.717, 1.165) is 19.4 Å². The Hall–Kier alpha value is -1.76. The molecule has 0 radical (unpaired) electrons. The molecule has 0 aromatic carbocycles. The molecular formula is C13H17F2N3O2. The van der Waals surface area contributed by atoms with Crippen molar-refractivity contribution in [2.75, 3.05) is 13.2 Å². The van der Waals surface area contributed by atoms with E-state index in [4.69, 9.17) is 4.74 Å². The van der Waals surface area contributed by atoms with Gasteiger partial charge in [-0.2, -0.15) is 0 Å². The second-order valence-corrected chi connectivity index (χ2v) is 4.54. The Bertz CT molecular complexity index is 451. The first-order valence-corrected chi connectivity index (χ1v) is 6.53. The van der Waals surface area contributed by atoms with E-state index in [2.05, 4.69) is 15.6 Å². The van der Waals surface area contributed by atoms with Crippen molar-refractivity contribution in [3.05, 3.63) is 23.9 Å². The maximum atomic E-state index is 12.0. The lowest BCUT2D eigenvalue weighted by atomic mass is 10.2. The number of rotatable bonds is 6. The molecule has 0 saturated carbocycles. The van der Waals surface area contributed by atoms with Crippen molar-refractivity contribution in [1.29, 1.82) is 0 Å². The lowest BCUT2D eigenvalue weighted by Crippen LogP contribution is -2.40. The van der Waals surface area contributed by atoms with Crippen molar-refractivity contribution >= 4 is 5.91 Å². The Balaban J connectivity index is 1.82. The summed E-state index contributed by atoms with van der Waals surface area (Å²) in [6.45, 7) is 0.422. The van der Waals surface area contributed by atoms with E-state index < -0.39 is 13.0 Å². The highest BCUT2D eigenvalue weighted by Crippen LogP contribution is 2.09. The molecule has 110 valence electrons. The van der Waals surface area contributed by atoms with Gasteiger partial charge < -0.3 is 15.4 Å². The van der Waals surface area contributed by atoms with E-state index in [1.165, 1.54) is 6.07 Å². The maximum Gasteiger partial charge on any atom is 0.272 e. The fraction of sp³-hybridized carbons (Fsp3) is 0.538. The van der Waals surface area contributed by atoms with E-state index in [9.17, 15) is 13.6 Å². The Morgan fingerprint density at radius 1 is 1.55 bits per heavy atom. The van der Waals surface area contributed by atoms with Crippen molar-refractivity contribution in [2.24, 2.45) is 0 Å². The molecule has 2 heterocycles. The third-order valence-electron chi connectivity index (χ3n) is 2.96. The molecule has 5 nitrogen and oxygen atoms in total. The fourth-order valence-corrected chi connectivity index (χ4v) is 1.99. The van der Waals surface area contributed by atoms with Crippen LogP contribution in [0.1, 0.15) is 18.5 Å². The van der Waals surface area contributed by atoms with Crippen LogP contribution in [0.3, 0.4) is 0 Å². The van der Waals surface area contributed by atoms with E-state index >= 15 is 0 Å². The number of alkyl halides is 2. The van der Waals surface area contributed by atoms with Crippen molar-refractivity contribution in [3.8, 4) is 5.88 Å². The number of carbonyl (C=O) groups is 1. The lowest BCUT2D eigenvalue weighted by molar-refractivity contribution is -0.122. The Morgan fingerprint density at radius 2 is 2.40 bits per heavy atom. The molecule has 0 aliphatic carbocycles. The number of hydrogen-bond acceptors (Lipinski definition) is 4. The molecular weight excluding hydrogens is 268 g/mol. The van der Waals surface area contributed by atoms with Crippen LogP contribution in [-0.2, 0) is 11.3 Å². The van der Waals surface area contributed by atoms with Gasteiger partial charge in [-0.25, -0.2) is 13.8 Å². The summed E-state index contributed by atoms with van der Waals surface area (Å²) >= 11 is 0. The number of nitrogens with one attached hydrogen (secondary N) is 2. The molecule has 1 aliphatic heterocycles. The van der Waals surface area contributed by atoms with Crippen LogP contribution in [0.2, 0.25) is 0 Å². The molecule has 1 atom stereocenters. The van der Waals surface area contributed by atoms with Crippen LogP contribution in [0.4, 0.5) is 8.78 Å². The first-order chi connectivity index (χ1) is 9.65. The van der Waals surface area contributed by atoms with Gasteiger partial charge in [-0.15, -0.1) is 0 Å². The zero-order valence-corrected chi connectivity index (χ0v) is 10.9. The molecule has 1 saturated heterocycles. The summed E-state index contributed by atoms with van der Waals surface area (Å²) in [6.07, 6.45) is -0.710. The van der Waals surface area contributed by atoms with Gasteiger partial charge in [0.1, 0.15) is 0 Å². The van der Waals surface area contributed by atoms with Gasteiger partial charge in [0.15, 0.2) is 6.61 Å². The van der Waals surface area contributed by atoms with Crippen LogP contribution in [0.25, 0.3) is 0 Å². The van der Waals surface area contributed by atoms with E-state index in [1.807, 2.05) is 0 Å². The minimum Gasteiger partial charge on any atom is -0.472 e. The topological polar surface area (TPSA) is 63.2 Å². The highest BCUT2D eigenvalue weighted by molar-refractivity contribution is 5.81. The normalized spacial score (nSPS) is 18.2. The first-order valence-electron chi connectivity index (χ1n) is 6.53. The summed E-state index contributed by atoms with van der Waals surface area (Å²) < 4.78 is 28.9. The van der Waals surface area contributed by atoms with Gasteiger partial charge in [0.25, 0.3) is 6.43 Å². The lowest BCUT2D eigenvalue weighted by Gasteiger charge is -2.11. The molecule has 1 aromatic rings. The molecule has 1 aliphatic rings. The quantitative estimate of drug-likeness (QED) is 0.821. The average Bonchev–Trinajstić information content (AvgIpc) is 2.97. The highest BCUT2D eigenvalue weighted by Gasteiger charge is 2.21. The summed E-state index contributed by atoms with van der Waals surface area (Å²) in [7, 11) is 0. The minimum atomic E-state index is -2.53. The summed E-state index contributed by atoms with van der Waals surface area (Å²) in [6, 6.07) is 4.72.